The number of alkyl halides is 3. The zero-order valence-corrected chi connectivity index (χ0v) is 9.64. The third kappa shape index (κ3) is 2.57. The molecule has 0 radical (unpaired) electrons. The summed E-state index contributed by atoms with van der Waals surface area (Å²) < 4.78 is 38.4. The molecule has 0 atom stereocenters. The molecule has 17 heavy (non-hydrogen) atoms. The molecule has 0 saturated carbocycles. The van der Waals surface area contributed by atoms with Gasteiger partial charge in [0.15, 0.2) is 0 Å². The summed E-state index contributed by atoms with van der Waals surface area (Å²) in [6.07, 6.45) is -4.43. The highest BCUT2D eigenvalue weighted by Gasteiger charge is 2.36. The van der Waals surface area contributed by atoms with Crippen LogP contribution in [0.1, 0.15) is 5.56 Å². The zero-order chi connectivity index (χ0) is 12.5. The zero-order valence-electron chi connectivity index (χ0n) is 8.83. The second-order valence-electron chi connectivity index (χ2n) is 3.61. The van der Waals surface area contributed by atoms with Crippen LogP contribution >= 0.6 is 11.8 Å². The fraction of sp³-hybridized carbons (Fsp3) is 0.364. The summed E-state index contributed by atoms with van der Waals surface area (Å²) in [5.41, 5.74) is -0.787. The Hall–Kier alpha value is -1.17. The van der Waals surface area contributed by atoms with Crippen LogP contribution in [0.5, 0.6) is 0 Å². The highest BCUT2D eigenvalue weighted by molar-refractivity contribution is 8.00. The van der Waals surface area contributed by atoms with Gasteiger partial charge in [-0.05, 0) is 12.1 Å². The lowest BCUT2D eigenvalue weighted by atomic mass is 10.1. The van der Waals surface area contributed by atoms with E-state index in [2.05, 4.69) is 0 Å². The van der Waals surface area contributed by atoms with Crippen LogP contribution in [0.15, 0.2) is 24.3 Å². The molecule has 1 amide bonds. The van der Waals surface area contributed by atoms with E-state index in [0.29, 0.717) is 12.3 Å². The number of carbonyl (C=O) groups excluding carboxylic acids is 1. The quantitative estimate of drug-likeness (QED) is 0.774. The number of thioether (sulfide) groups is 1. The van der Waals surface area contributed by atoms with Crippen molar-refractivity contribution >= 4 is 23.4 Å². The molecule has 1 aliphatic rings. The molecule has 1 heterocycles. The molecule has 1 fully saturated rings. The summed E-state index contributed by atoms with van der Waals surface area (Å²) in [6, 6.07) is 5.19. The molecule has 6 heteroatoms. The summed E-state index contributed by atoms with van der Waals surface area (Å²) in [5.74, 6) is 0.641. The van der Waals surface area contributed by atoms with E-state index in [0.717, 1.165) is 6.07 Å². The normalized spacial score (nSPS) is 17.4. The molecule has 2 rings (SSSR count). The van der Waals surface area contributed by atoms with E-state index < -0.39 is 11.7 Å². The maximum Gasteiger partial charge on any atom is 0.418 e. The predicted octanol–water partition coefficient (Wildman–Crippen LogP) is 2.79. The third-order valence-electron chi connectivity index (χ3n) is 2.49. The van der Waals surface area contributed by atoms with Gasteiger partial charge in [0.25, 0.3) is 0 Å². The smallest absolute Gasteiger partial charge is 0.310 e. The van der Waals surface area contributed by atoms with Crippen LogP contribution < -0.4 is 4.90 Å². The van der Waals surface area contributed by atoms with Crippen molar-refractivity contribution in [3.05, 3.63) is 29.8 Å². The number of nitrogens with zero attached hydrogens (tertiary/aromatic N) is 1. The van der Waals surface area contributed by atoms with Crippen LogP contribution in [-0.4, -0.2) is 24.0 Å². The lowest BCUT2D eigenvalue weighted by molar-refractivity contribution is -0.137. The second kappa shape index (κ2) is 4.60. The number of amides is 1. The average molecular weight is 261 g/mol. The molecule has 1 aliphatic heterocycles. The summed E-state index contributed by atoms with van der Waals surface area (Å²) in [7, 11) is 0. The van der Waals surface area contributed by atoms with Crippen LogP contribution in [0.3, 0.4) is 0 Å². The molecule has 0 aliphatic carbocycles. The van der Waals surface area contributed by atoms with Gasteiger partial charge in [0.2, 0.25) is 5.91 Å². The van der Waals surface area contributed by atoms with Crippen molar-refractivity contribution in [1.82, 2.24) is 0 Å². The first kappa shape index (κ1) is 12.3. The molecule has 0 bridgehead atoms. The molecular formula is C11H10F3NOS. The molecule has 0 unspecified atom stereocenters. The summed E-state index contributed by atoms with van der Waals surface area (Å²) >= 11 is 1.44. The second-order valence-corrected chi connectivity index (χ2v) is 4.72. The Bertz CT molecular complexity index is 433. The van der Waals surface area contributed by atoms with Gasteiger partial charge in [-0.1, -0.05) is 12.1 Å². The Kier molecular flexibility index (Phi) is 3.33. The van der Waals surface area contributed by atoms with Crippen LogP contribution in [-0.2, 0) is 11.0 Å². The fourth-order valence-corrected chi connectivity index (χ4v) is 2.51. The van der Waals surface area contributed by atoms with E-state index in [1.54, 1.807) is 0 Å². The Morgan fingerprint density at radius 1 is 1.24 bits per heavy atom. The number of anilines is 1. The molecule has 0 spiro atoms. The van der Waals surface area contributed by atoms with Gasteiger partial charge in [-0.15, -0.1) is 0 Å². The Balaban J connectivity index is 2.41. The van der Waals surface area contributed by atoms with Crippen LogP contribution in [0.25, 0.3) is 0 Å². The Morgan fingerprint density at radius 2 is 1.94 bits per heavy atom. The summed E-state index contributed by atoms with van der Waals surface area (Å²) in [6.45, 7) is 0.330. The molecule has 92 valence electrons. The van der Waals surface area contributed by atoms with Gasteiger partial charge in [0.05, 0.1) is 17.0 Å². The number of rotatable bonds is 1. The fourth-order valence-electron chi connectivity index (χ4n) is 1.72. The number of hydrogen-bond acceptors (Lipinski definition) is 2. The molecule has 0 N–H and O–H groups in total. The minimum absolute atomic E-state index is 0.0368. The van der Waals surface area contributed by atoms with Gasteiger partial charge in [-0.2, -0.15) is 24.9 Å². The number of benzene rings is 1. The minimum Gasteiger partial charge on any atom is -0.310 e. The number of carbonyl (C=O) groups is 1. The maximum absolute atomic E-state index is 12.8. The first-order valence-corrected chi connectivity index (χ1v) is 6.20. The summed E-state index contributed by atoms with van der Waals surface area (Å²) in [4.78, 5) is 12.8. The largest absolute Gasteiger partial charge is 0.418 e. The van der Waals surface area contributed by atoms with Crippen molar-refractivity contribution in [3.8, 4) is 0 Å². The number of halogens is 3. The van der Waals surface area contributed by atoms with Crippen LogP contribution in [0.2, 0.25) is 0 Å². The van der Waals surface area contributed by atoms with Crippen LogP contribution in [0.4, 0.5) is 18.9 Å². The monoisotopic (exact) mass is 261 g/mol. The minimum atomic E-state index is -4.43. The van der Waals surface area contributed by atoms with Gasteiger partial charge in [-0.25, -0.2) is 0 Å². The molecule has 0 aromatic heterocycles. The molecule has 2 nitrogen and oxygen atoms in total. The van der Waals surface area contributed by atoms with Crippen molar-refractivity contribution in [3.63, 3.8) is 0 Å². The van der Waals surface area contributed by atoms with Gasteiger partial charge in [0, 0.05) is 12.3 Å². The number of para-hydroxylation sites is 1. The lowest BCUT2D eigenvalue weighted by Crippen LogP contribution is -2.39. The first-order chi connectivity index (χ1) is 8.00. The highest BCUT2D eigenvalue weighted by Crippen LogP contribution is 2.37. The number of hydrogen-bond donors (Lipinski definition) is 0. The van der Waals surface area contributed by atoms with Gasteiger partial charge >= 0.3 is 6.18 Å². The van der Waals surface area contributed by atoms with E-state index in [-0.39, 0.29) is 17.3 Å². The van der Waals surface area contributed by atoms with E-state index in [1.165, 1.54) is 34.9 Å². The third-order valence-corrected chi connectivity index (χ3v) is 3.41. The van der Waals surface area contributed by atoms with Crippen LogP contribution in [0, 0.1) is 0 Å². The Labute approximate surface area is 101 Å². The molecule has 1 saturated heterocycles. The molecule has 1 aromatic carbocycles. The van der Waals surface area contributed by atoms with Gasteiger partial charge < -0.3 is 4.90 Å². The van der Waals surface area contributed by atoms with Crippen molar-refractivity contribution < 1.29 is 18.0 Å². The standard InChI is InChI=1S/C11H10F3NOS/c12-11(13,14)8-3-1-2-4-9(8)15-5-6-17-7-10(15)16/h1-4H,5-7H2. The maximum atomic E-state index is 12.8. The highest BCUT2D eigenvalue weighted by atomic mass is 32.2. The van der Waals surface area contributed by atoms with E-state index in [9.17, 15) is 18.0 Å². The molecular weight excluding hydrogens is 251 g/mol. The topological polar surface area (TPSA) is 20.3 Å². The van der Waals surface area contributed by atoms with E-state index in [4.69, 9.17) is 0 Å². The molecule has 1 aromatic rings. The van der Waals surface area contributed by atoms with Gasteiger partial charge in [0.1, 0.15) is 0 Å². The Morgan fingerprint density at radius 3 is 2.59 bits per heavy atom. The van der Waals surface area contributed by atoms with Gasteiger partial charge in [-0.3, -0.25) is 4.79 Å². The van der Waals surface area contributed by atoms with E-state index >= 15 is 0 Å². The predicted molar refractivity (Wildman–Crippen MR) is 61.1 cm³/mol. The van der Waals surface area contributed by atoms with Crippen molar-refractivity contribution in [1.29, 1.82) is 0 Å². The average Bonchev–Trinajstić information content (AvgIpc) is 2.28. The van der Waals surface area contributed by atoms with Crippen molar-refractivity contribution in [2.45, 2.75) is 6.18 Å². The van der Waals surface area contributed by atoms with Crippen molar-refractivity contribution in [2.75, 3.05) is 23.0 Å². The lowest BCUT2D eigenvalue weighted by Gasteiger charge is -2.28. The van der Waals surface area contributed by atoms with E-state index in [1.807, 2.05) is 0 Å². The first-order valence-electron chi connectivity index (χ1n) is 5.04. The van der Waals surface area contributed by atoms with Crippen molar-refractivity contribution in [2.24, 2.45) is 0 Å². The summed E-state index contributed by atoms with van der Waals surface area (Å²) in [5, 5.41) is 0. The SMILES string of the molecule is O=C1CSCCN1c1ccccc1C(F)(F)F.